The third kappa shape index (κ3) is 3.68. The van der Waals surface area contributed by atoms with Gasteiger partial charge in [0.1, 0.15) is 0 Å². The zero-order chi connectivity index (χ0) is 14.7. The lowest BCUT2D eigenvalue weighted by atomic mass is 10.1. The second kappa shape index (κ2) is 6.37. The molecule has 5 nitrogen and oxygen atoms in total. The molecule has 1 atom stereocenters. The predicted molar refractivity (Wildman–Crippen MR) is 81.8 cm³/mol. The number of aryl methyl sites for hydroxylation is 1. The van der Waals surface area contributed by atoms with Crippen molar-refractivity contribution in [2.75, 3.05) is 20.1 Å². The average molecular weight is 286 g/mol. The molecule has 0 radical (unpaired) electrons. The summed E-state index contributed by atoms with van der Waals surface area (Å²) in [6, 6.07) is 8.72. The van der Waals surface area contributed by atoms with Gasteiger partial charge in [0.2, 0.25) is 0 Å². The van der Waals surface area contributed by atoms with E-state index in [1.165, 1.54) is 18.4 Å². The topological polar surface area (TPSA) is 54.2 Å². The Labute approximate surface area is 125 Å². The Hall–Kier alpha value is -1.72. The lowest BCUT2D eigenvalue weighted by Gasteiger charge is -2.19. The van der Waals surface area contributed by atoms with Gasteiger partial charge in [-0.2, -0.15) is 4.98 Å². The zero-order valence-corrected chi connectivity index (χ0v) is 12.7. The number of hydrogen-bond acceptors (Lipinski definition) is 5. The normalized spacial score (nSPS) is 18.5. The number of nitrogens with zero attached hydrogens (tertiary/aromatic N) is 3. The van der Waals surface area contributed by atoms with E-state index in [1.54, 1.807) is 0 Å². The molecule has 1 saturated heterocycles. The minimum absolute atomic E-state index is 0.596. The van der Waals surface area contributed by atoms with Crippen LogP contribution in [-0.2, 0) is 6.54 Å². The molecule has 1 aliphatic heterocycles. The van der Waals surface area contributed by atoms with Gasteiger partial charge in [-0.05, 0) is 45.5 Å². The van der Waals surface area contributed by atoms with Crippen molar-refractivity contribution < 1.29 is 4.52 Å². The summed E-state index contributed by atoms with van der Waals surface area (Å²) in [6.07, 6.45) is 2.53. The summed E-state index contributed by atoms with van der Waals surface area (Å²) in [5.74, 6) is 1.34. The molecule has 1 unspecified atom stereocenters. The first-order valence-electron chi connectivity index (χ1n) is 7.52. The fraction of sp³-hybridized carbons (Fsp3) is 0.500. The Bertz CT molecular complexity index is 589. The quantitative estimate of drug-likeness (QED) is 0.913. The number of nitrogens with one attached hydrogen (secondary N) is 1. The third-order valence-corrected chi connectivity index (χ3v) is 3.84. The van der Waals surface area contributed by atoms with E-state index in [1.807, 2.05) is 12.1 Å². The summed E-state index contributed by atoms with van der Waals surface area (Å²) < 4.78 is 5.37. The van der Waals surface area contributed by atoms with Crippen molar-refractivity contribution in [2.45, 2.75) is 32.4 Å². The second-order valence-corrected chi connectivity index (χ2v) is 5.88. The van der Waals surface area contributed by atoms with E-state index >= 15 is 0 Å². The van der Waals surface area contributed by atoms with Crippen molar-refractivity contribution in [1.29, 1.82) is 0 Å². The van der Waals surface area contributed by atoms with Crippen molar-refractivity contribution in [3.63, 3.8) is 0 Å². The molecule has 3 rings (SSSR count). The maximum absolute atomic E-state index is 5.37. The summed E-state index contributed by atoms with van der Waals surface area (Å²) in [7, 11) is 2.10. The summed E-state index contributed by atoms with van der Waals surface area (Å²) in [5.41, 5.74) is 2.17. The molecule has 0 saturated carbocycles. The molecule has 0 spiro atoms. The Morgan fingerprint density at radius 2 is 2.33 bits per heavy atom. The van der Waals surface area contributed by atoms with Crippen molar-refractivity contribution in [2.24, 2.45) is 0 Å². The van der Waals surface area contributed by atoms with Gasteiger partial charge < -0.3 is 9.84 Å². The van der Waals surface area contributed by atoms with Crippen LogP contribution in [0.25, 0.3) is 11.5 Å². The lowest BCUT2D eigenvalue weighted by Crippen LogP contribution is -2.35. The second-order valence-electron chi connectivity index (χ2n) is 5.88. The van der Waals surface area contributed by atoms with Crippen LogP contribution < -0.4 is 5.32 Å². The molecule has 2 aromatic rings. The van der Waals surface area contributed by atoms with E-state index in [-0.39, 0.29) is 0 Å². The highest BCUT2D eigenvalue weighted by atomic mass is 16.5. The van der Waals surface area contributed by atoms with Gasteiger partial charge in [-0.1, -0.05) is 22.9 Å². The molecule has 0 aliphatic carbocycles. The van der Waals surface area contributed by atoms with Gasteiger partial charge in [-0.25, -0.2) is 0 Å². The molecule has 1 aliphatic rings. The summed E-state index contributed by atoms with van der Waals surface area (Å²) in [5, 5.41) is 7.59. The van der Waals surface area contributed by atoms with Crippen LogP contribution in [0, 0.1) is 6.92 Å². The fourth-order valence-corrected chi connectivity index (χ4v) is 2.81. The Morgan fingerprint density at radius 1 is 1.43 bits per heavy atom. The highest BCUT2D eigenvalue weighted by Crippen LogP contribution is 2.18. The van der Waals surface area contributed by atoms with E-state index in [0.717, 1.165) is 24.5 Å². The number of rotatable bonds is 5. The maximum Gasteiger partial charge on any atom is 0.257 e. The molecule has 1 aromatic heterocycles. The molecular formula is C16H22N4O. The van der Waals surface area contributed by atoms with Crippen LogP contribution in [0.5, 0.6) is 0 Å². The molecule has 1 N–H and O–H groups in total. The van der Waals surface area contributed by atoms with Crippen LogP contribution in [0.4, 0.5) is 0 Å². The van der Waals surface area contributed by atoms with Crippen LogP contribution in [-0.4, -0.2) is 41.2 Å². The van der Waals surface area contributed by atoms with E-state index < -0.39 is 0 Å². The highest BCUT2D eigenvalue weighted by Gasteiger charge is 2.17. The van der Waals surface area contributed by atoms with Crippen LogP contribution in [0.3, 0.4) is 0 Å². The molecular weight excluding hydrogens is 264 g/mol. The molecule has 0 bridgehead atoms. The third-order valence-electron chi connectivity index (χ3n) is 3.84. The highest BCUT2D eigenvalue weighted by molar-refractivity contribution is 5.53. The summed E-state index contributed by atoms with van der Waals surface area (Å²) in [4.78, 5) is 6.74. The first-order chi connectivity index (χ1) is 10.2. The molecule has 2 heterocycles. The average Bonchev–Trinajstić information content (AvgIpc) is 3.10. The SMILES string of the molecule is Cc1cccc(-c2nc(CN(C)CC3CCCN3)no2)c1. The van der Waals surface area contributed by atoms with E-state index in [2.05, 4.69) is 46.5 Å². The lowest BCUT2D eigenvalue weighted by molar-refractivity contribution is 0.281. The first kappa shape index (κ1) is 14.2. The Balaban J connectivity index is 1.62. The molecule has 1 fully saturated rings. The van der Waals surface area contributed by atoms with Crippen molar-refractivity contribution >= 4 is 0 Å². The smallest absolute Gasteiger partial charge is 0.257 e. The largest absolute Gasteiger partial charge is 0.334 e. The van der Waals surface area contributed by atoms with Crippen LogP contribution in [0.15, 0.2) is 28.8 Å². The monoisotopic (exact) mass is 286 g/mol. The van der Waals surface area contributed by atoms with Crippen molar-refractivity contribution in [1.82, 2.24) is 20.4 Å². The summed E-state index contributed by atoms with van der Waals surface area (Å²) in [6.45, 7) is 4.93. The van der Waals surface area contributed by atoms with Crippen LogP contribution in [0.1, 0.15) is 24.2 Å². The molecule has 0 amide bonds. The van der Waals surface area contributed by atoms with Crippen LogP contribution in [0.2, 0.25) is 0 Å². The standard InChI is InChI=1S/C16H22N4O/c1-12-5-3-6-13(9-12)16-18-15(19-21-16)11-20(2)10-14-7-4-8-17-14/h3,5-6,9,14,17H,4,7-8,10-11H2,1-2H3. The van der Waals surface area contributed by atoms with Gasteiger partial charge in [0.15, 0.2) is 5.82 Å². The van der Waals surface area contributed by atoms with Gasteiger partial charge in [-0.15, -0.1) is 0 Å². The minimum atomic E-state index is 0.596. The molecule has 5 heteroatoms. The number of benzene rings is 1. The Morgan fingerprint density at radius 3 is 3.10 bits per heavy atom. The van der Waals surface area contributed by atoms with Gasteiger partial charge in [0.05, 0.1) is 6.54 Å². The first-order valence-corrected chi connectivity index (χ1v) is 7.52. The van der Waals surface area contributed by atoms with E-state index in [0.29, 0.717) is 18.5 Å². The molecule has 21 heavy (non-hydrogen) atoms. The number of likely N-dealkylation sites (N-methyl/N-ethyl adjacent to an activating group) is 1. The fourth-order valence-electron chi connectivity index (χ4n) is 2.81. The molecule has 112 valence electrons. The number of hydrogen-bond donors (Lipinski definition) is 1. The number of aromatic nitrogens is 2. The minimum Gasteiger partial charge on any atom is -0.334 e. The van der Waals surface area contributed by atoms with Crippen molar-refractivity contribution in [3.8, 4) is 11.5 Å². The Kier molecular flexibility index (Phi) is 4.31. The summed E-state index contributed by atoms with van der Waals surface area (Å²) >= 11 is 0. The van der Waals surface area contributed by atoms with Gasteiger partial charge >= 0.3 is 0 Å². The maximum atomic E-state index is 5.37. The van der Waals surface area contributed by atoms with E-state index in [4.69, 9.17) is 4.52 Å². The van der Waals surface area contributed by atoms with Crippen LogP contribution >= 0.6 is 0 Å². The van der Waals surface area contributed by atoms with Gasteiger partial charge in [0.25, 0.3) is 5.89 Å². The zero-order valence-electron chi connectivity index (χ0n) is 12.7. The van der Waals surface area contributed by atoms with Crippen molar-refractivity contribution in [3.05, 3.63) is 35.7 Å². The molecule has 1 aromatic carbocycles. The predicted octanol–water partition coefficient (Wildman–Crippen LogP) is 2.23. The van der Waals surface area contributed by atoms with Gasteiger partial charge in [-0.3, -0.25) is 4.90 Å². The van der Waals surface area contributed by atoms with E-state index in [9.17, 15) is 0 Å². The van der Waals surface area contributed by atoms with Gasteiger partial charge in [0, 0.05) is 18.2 Å².